The van der Waals surface area contributed by atoms with E-state index in [1.165, 1.54) is 0 Å². The molecule has 1 aromatic rings. The normalized spacial score (nSPS) is 16.0. The van der Waals surface area contributed by atoms with Crippen LogP contribution in [0.4, 0.5) is 5.82 Å². The van der Waals surface area contributed by atoms with E-state index >= 15 is 0 Å². The molecule has 0 aliphatic carbocycles. The van der Waals surface area contributed by atoms with Crippen molar-refractivity contribution in [1.82, 2.24) is 9.55 Å². The predicted molar refractivity (Wildman–Crippen MR) is 52.7 cm³/mol. The Kier molecular flexibility index (Phi) is 2.01. The van der Waals surface area contributed by atoms with Gasteiger partial charge in [-0.2, -0.15) is 0 Å². The topological polar surface area (TPSA) is 38.1 Å². The Morgan fingerprint density at radius 2 is 2.43 bits per heavy atom. The van der Waals surface area contributed by atoms with Crippen LogP contribution in [0.5, 0.6) is 0 Å². The minimum Gasteiger partial charge on any atom is -0.325 e. The summed E-state index contributed by atoms with van der Waals surface area (Å²) in [6.07, 6.45) is 8.57. The van der Waals surface area contributed by atoms with E-state index in [1.807, 2.05) is 7.05 Å². The molecule has 0 atom stereocenters. The summed E-state index contributed by atoms with van der Waals surface area (Å²) in [6.45, 7) is 0.750. The fourth-order valence-electron chi connectivity index (χ4n) is 1.61. The van der Waals surface area contributed by atoms with Gasteiger partial charge < -0.3 is 4.57 Å². The van der Waals surface area contributed by atoms with E-state index in [9.17, 15) is 4.79 Å². The maximum atomic E-state index is 11.4. The van der Waals surface area contributed by atoms with Gasteiger partial charge in [-0.15, -0.1) is 6.42 Å². The SMILES string of the molecule is C#Cc1nc(N2CCCC2=O)cn1C. The van der Waals surface area contributed by atoms with Crippen LogP contribution in [0.3, 0.4) is 0 Å². The summed E-state index contributed by atoms with van der Waals surface area (Å²) in [5.41, 5.74) is 0. The van der Waals surface area contributed by atoms with Crippen LogP contribution in [0, 0.1) is 12.3 Å². The van der Waals surface area contributed by atoms with Gasteiger partial charge in [0, 0.05) is 26.2 Å². The number of terminal acetylenes is 1. The molecule has 0 radical (unpaired) electrons. The van der Waals surface area contributed by atoms with Crippen molar-refractivity contribution < 1.29 is 4.79 Å². The highest BCUT2D eigenvalue weighted by Gasteiger charge is 2.23. The van der Waals surface area contributed by atoms with Gasteiger partial charge in [0.05, 0.1) is 0 Å². The molecule has 0 spiro atoms. The van der Waals surface area contributed by atoms with Gasteiger partial charge in [0.15, 0.2) is 11.6 Å². The number of hydrogen-bond donors (Lipinski definition) is 0. The molecule has 1 aliphatic heterocycles. The second-order valence-electron chi connectivity index (χ2n) is 3.33. The molecule has 72 valence electrons. The molecule has 0 saturated carbocycles. The Balaban J connectivity index is 2.33. The minimum atomic E-state index is 0.131. The predicted octanol–water partition coefficient (Wildman–Crippen LogP) is 0.528. The monoisotopic (exact) mass is 189 g/mol. The summed E-state index contributed by atoms with van der Waals surface area (Å²) in [4.78, 5) is 17.3. The molecule has 2 heterocycles. The van der Waals surface area contributed by atoms with Gasteiger partial charge >= 0.3 is 0 Å². The number of carbonyl (C=O) groups excluding carboxylic acids is 1. The van der Waals surface area contributed by atoms with E-state index in [0.717, 1.165) is 13.0 Å². The number of amides is 1. The zero-order chi connectivity index (χ0) is 10.1. The molecule has 14 heavy (non-hydrogen) atoms. The Morgan fingerprint density at radius 1 is 1.64 bits per heavy atom. The van der Waals surface area contributed by atoms with Crippen molar-refractivity contribution in [2.45, 2.75) is 12.8 Å². The van der Waals surface area contributed by atoms with Crippen LogP contribution < -0.4 is 4.90 Å². The van der Waals surface area contributed by atoms with E-state index in [0.29, 0.717) is 18.1 Å². The summed E-state index contributed by atoms with van der Waals surface area (Å²) >= 11 is 0. The van der Waals surface area contributed by atoms with Gasteiger partial charge in [-0.3, -0.25) is 9.69 Å². The summed E-state index contributed by atoms with van der Waals surface area (Å²) < 4.78 is 1.75. The largest absolute Gasteiger partial charge is 0.325 e. The molecule has 1 fully saturated rings. The molecule has 0 aromatic carbocycles. The van der Waals surface area contributed by atoms with Crippen molar-refractivity contribution in [1.29, 1.82) is 0 Å². The highest BCUT2D eigenvalue weighted by Crippen LogP contribution is 2.19. The van der Waals surface area contributed by atoms with E-state index in [1.54, 1.807) is 15.7 Å². The van der Waals surface area contributed by atoms with Crippen molar-refractivity contribution >= 4 is 11.7 Å². The summed E-state index contributed by atoms with van der Waals surface area (Å²) in [5, 5.41) is 0. The average molecular weight is 189 g/mol. The molecule has 1 saturated heterocycles. The van der Waals surface area contributed by atoms with Crippen molar-refractivity contribution in [2.24, 2.45) is 7.05 Å². The molecule has 1 aromatic heterocycles. The molecule has 4 heteroatoms. The molecule has 4 nitrogen and oxygen atoms in total. The van der Waals surface area contributed by atoms with Crippen LogP contribution >= 0.6 is 0 Å². The van der Waals surface area contributed by atoms with Gasteiger partial charge in [0.25, 0.3) is 0 Å². The fraction of sp³-hybridized carbons (Fsp3) is 0.400. The van der Waals surface area contributed by atoms with Crippen molar-refractivity contribution in [2.75, 3.05) is 11.4 Å². The number of nitrogens with zero attached hydrogens (tertiary/aromatic N) is 3. The Hall–Kier alpha value is -1.76. The van der Waals surface area contributed by atoms with Crippen LogP contribution in [0.1, 0.15) is 18.7 Å². The zero-order valence-electron chi connectivity index (χ0n) is 8.03. The maximum Gasteiger partial charge on any atom is 0.228 e. The molecule has 0 unspecified atom stereocenters. The smallest absolute Gasteiger partial charge is 0.228 e. The first-order valence-electron chi connectivity index (χ1n) is 4.52. The molecule has 0 bridgehead atoms. The van der Waals surface area contributed by atoms with E-state index in [-0.39, 0.29) is 5.91 Å². The number of imidazole rings is 1. The standard InChI is InChI=1S/C10H11N3O/c1-3-8-11-9(7-12(8)2)13-6-4-5-10(13)14/h1,7H,4-6H2,2H3. The van der Waals surface area contributed by atoms with Gasteiger partial charge in [0.2, 0.25) is 5.91 Å². The molecule has 1 amide bonds. The number of carbonyl (C=O) groups is 1. The lowest BCUT2D eigenvalue weighted by molar-refractivity contribution is -0.117. The number of rotatable bonds is 1. The molecule has 1 aliphatic rings. The summed E-state index contributed by atoms with van der Waals surface area (Å²) in [5.74, 6) is 3.82. The molecular weight excluding hydrogens is 178 g/mol. The highest BCUT2D eigenvalue weighted by molar-refractivity contribution is 5.94. The lowest BCUT2D eigenvalue weighted by Gasteiger charge is -2.10. The average Bonchev–Trinajstić information content (AvgIpc) is 2.71. The first-order chi connectivity index (χ1) is 6.72. The number of aryl methyl sites for hydroxylation is 1. The first kappa shape index (κ1) is 8.82. The van der Waals surface area contributed by atoms with Crippen molar-refractivity contribution in [3.8, 4) is 12.3 Å². The quantitative estimate of drug-likeness (QED) is 0.604. The number of hydrogen-bond acceptors (Lipinski definition) is 2. The summed E-state index contributed by atoms with van der Waals surface area (Å²) in [7, 11) is 1.83. The van der Waals surface area contributed by atoms with Gasteiger partial charge in [-0.25, -0.2) is 4.98 Å². The lowest BCUT2D eigenvalue weighted by atomic mass is 10.4. The van der Waals surface area contributed by atoms with E-state index in [4.69, 9.17) is 6.42 Å². The van der Waals surface area contributed by atoms with E-state index in [2.05, 4.69) is 10.9 Å². The van der Waals surface area contributed by atoms with Gasteiger partial charge in [-0.05, 0) is 12.3 Å². The Bertz CT molecular complexity index is 413. The molecular formula is C10H11N3O. The summed E-state index contributed by atoms with van der Waals surface area (Å²) in [6, 6.07) is 0. The first-order valence-corrected chi connectivity index (χ1v) is 4.52. The molecule has 0 N–H and O–H groups in total. The second-order valence-corrected chi connectivity index (χ2v) is 3.33. The third-order valence-electron chi connectivity index (χ3n) is 2.34. The highest BCUT2D eigenvalue weighted by atomic mass is 16.2. The Morgan fingerprint density at radius 3 is 2.93 bits per heavy atom. The van der Waals surface area contributed by atoms with Gasteiger partial charge in [0.1, 0.15) is 0 Å². The van der Waals surface area contributed by atoms with Crippen molar-refractivity contribution in [3.63, 3.8) is 0 Å². The van der Waals surface area contributed by atoms with Gasteiger partial charge in [-0.1, -0.05) is 0 Å². The van der Waals surface area contributed by atoms with Crippen LogP contribution in [-0.4, -0.2) is 22.0 Å². The molecule has 2 rings (SSSR count). The third-order valence-corrected chi connectivity index (χ3v) is 2.34. The van der Waals surface area contributed by atoms with Crippen LogP contribution in [0.15, 0.2) is 6.20 Å². The number of anilines is 1. The third kappa shape index (κ3) is 1.27. The number of aromatic nitrogens is 2. The van der Waals surface area contributed by atoms with E-state index < -0.39 is 0 Å². The maximum absolute atomic E-state index is 11.4. The van der Waals surface area contributed by atoms with Crippen LogP contribution in [0.2, 0.25) is 0 Å². The Labute approximate surface area is 82.5 Å². The second kappa shape index (κ2) is 3.18. The van der Waals surface area contributed by atoms with Crippen molar-refractivity contribution in [3.05, 3.63) is 12.0 Å². The zero-order valence-corrected chi connectivity index (χ0v) is 8.03. The van der Waals surface area contributed by atoms with Crippen LogP contribution in [-0.2, 0) is 11.8 Å². The van der Waals surface area contributed by atoms with Crippen LogP contribution in [0.25, 0.3) is 0 Å². The fourth-order valence-corrected chi connectivity index (χ4v) is 1.61. The minimum absolute atomic E-state index is 0.131. The lowest BCUT2D eigenvalue weighted by Crippen LogP contribution is -2.23.